The number of benzene rings is 1. The number of aromatic nitrogens is 2. The Balaban J connectivity index is 1.47. The SMILES string of the molecule is Cc1nn(C)c(C)c1NC(=O)CN1CCC(Cc2cccc(F)c2)CC1. The fourth-order valence-electron chi connectivity index (χ4n) is 3.68. The molecule has 2 aromatic rings. The van der Waals surface area contributed by atoms with Crippen molar-refractivity contribution < 1.29 is 9.18 Å². The predicted molar refractivity (Wildman–Crippen MR) is 101 cm³/mol. The summed E-state index contributed by atoms with van der Waals surface area (Å²) in [5.74, 6) is 0.393. The average molecular weight is 358 g/mol. The number of carbonyl (C=O) groups excluding carboxylic acids is 1. The first-order chi connectivity index (χ1) is 12.4. The lowest BCUT2D eigenvalue weighted by atomic mass is 9.90. The summed E-state index contributed by atoms with van der Waals surface area (Å²) in [6.45, 7) is 6.06. The van der Waals surface area contributed by atoms with Crippen molar-refractivity contribution in [3.8, 4) is 0 Å². The lowest BCUT2D eigenvalue weighted by molar-refractivity contribution is -0.117. The third-order valence-corrected chi connectivity index (χ3v) is 5.26. The number of halogens is 1. The fourth-order valence-corrected chi connectivity index (χ4v) is 3.68. The van der Waals surface area contributed by atoms with Gasteiger partial charge in [-0.15, -0.1) is 0 Å². The Morgan fingerprint density at radius 3 is 2.65 bits per heavy atom. The van der Waals surface area contributed by atoms with E-state index in [1.54, 1.807) is 16.8 Å². The van der Waals surface area contributed by atoms with Crippen LogP contribution in [0.1, 0.15) is 29.8 Å². The molecule has 2 heterocycles. The van der Waals surface area contributed by atoms with Crippen molar-refractivity contribution >= 4 is 11.6 Å². The van der Waals surface area contributed by atoms with Crippen molar-refractivity contribution in [3.05, 3.63) is 47.0 Å². The monoisotopic (exact) mass is 358 g/mol. The molecule has 26 heavy (non-hydrogen) atoms. The minimum absolute atomic E-state index is 0.00720. The fraction of sp³-hybridized carbons (Fsp3) is 0.500. The molecule has 0 radical (unpaired) electrons. The number of likely N-dealkylation sites (tertiary alicyclic amines) is 1. The number of carbonyl (C=O) groups is 1. The molecule has 1 N–H and O–H groups in total. The number of amides is 1. The van der Waals surface area contributed by atoms with E-state index in [2.05, 4.69) is 15.3 Å². The second-order valence-electron chi connectivity index (χ2n) is 7.27. The number of aryl methyl sites for hydroxylation is 2. The summed E-state index contributed by atoms with van der Waals surface area (Å²) >= 11 is 0. The van der Waals surface area contributed by atoms with Gasteiger partial charge in [0.05, 0.1) is 23.6 Å². The van der Waals surface area contributed by atoms with Crippen molar-refractivity contribution in [1.29, 1.82) is 0 Å². The molecule has 1 fully saturated rings. The van der Waals surface area contributed by atoms with Crippen LogP contribution in [0, 0.1) is 25.6 Å². The van der Waals surface area contributed by atoms with Gasteiger partial charge in [-0.3, -0.25) is 14.4 Å². The van der Waals surface area contributed by atoms with Crippen molar-refractivity contribution in [2.75, 3.05) is 25.0 Å². The minimum Gasteiger partial charge on any atom is -0.322 e. The summed E-state index contributed by atoms with van der Waals surface area (Å²) in [5.41, 5.74) is 3.68. The number of nitrogens with one attached hydrogen (secondary N) is 1. The summed E-state index contributed by atoms with van der Waals surface area (Å²) in [7, 11) is 1.88. The van der Waals surface area contributed by atoms with Gasteiger partial charge in [-0.2, -0.15) is 5.10 Å². The van der Waals surface area contributed by atoms with E-state index < -0.39 is 0 Å². The van der Waals surface area contributed by atoms with Crippen LogP contribution in [0.5, 0.6) is 0 Å². The Morgan fingerprint density at radius 2 is 2.04 bits per heavy atom. The maximum absolute atomic E-state index is 13.3. The van der Waals surface area contributed by atoms with Gasteiger partial charge in [0, 0.05) is 7.05 Å². The summed E-state index contributed by atoms with van der Waals surface area (Å²) < 4.78 is 15.1. The Hall–Kier alpha value is -2.21. The maximum Gasteiger partial charge on any atom is 0.238 e. The van der Waals surface area contributed by atoms with E-state index in [1.165, 1.54) is 6.07 Å². The zero-order chi connectivity index (χ0) is 18.7. The summed E-state index contributed by atoms with van der Waals surface area (Å²) in [5, 5.41) is 7.33. The van der Waals surface area contributed by atoms with Crippen LogP contribution in [0.4, 0.5) is 10.1 Å². The smallest absolute Gasteiger partial charge is 0.238 e. The van der Waals surface area contributed by atoms with Crippen LogP contribution in [-0.2, 0) is 18.3 Å². The summed E-state index contributed by atoms with van der Waals surface area (Å²) in [4.78, 5) is 14.6. The Bertz CT molecular complexity index is 778. The zero-order valence-corrected chi connectivity index (χ0v) is 15.8. The maximum atomic E-state index is 13.3. The summed E-state index contributed by atoms with van der Waals surface area (Å²) in [6, 6.07) is 6.86. The molecule has 0 saturated carbocycles. The third-order valence-electron chi connectivity index (χ3n) is 5.26. The van der Waals surface area contributed by atoms with Gasteiger partial charge in [0.15, 0.2) is 0 Å². The van der Waals surface area contributed by atoms with Gasteiger partial charge in [0.2, 0.25) is 5.91 Å². The molecule has 0 atom stereocenters. The molecule has 3 rings (SSSR count). The van der Waals surface area contributed by atoms with E-state index >= 15 is 0 Å². The number of piperidine rings is 1. The first-order valence-corrected chi connectivity index (χ1v) is 9.19. The van der Waals surface area contributed by atoms with Crippen molar-refractivity contribution in [2.45, 2.75) is 33.1 Å². The van der Waals surface area contributed by atoms with Crippen LogP contribution >= 0.6 is 0 Å². The highest BCUT2D eigenvalue weighted by molar-refractivity contribution is 5.93. The van der Waals surface area contributed by atoms with Gasteiger partial charge in [0.25, 0.3) is 0 Å². The molecular formula is C20H27FN4O. The lowest BCUT2D eigenvalue weighted by Crippen LogP contribution is -2.39. The number of hydrogen-bond acceptors (Lipinski definition) is 3. The van der Waals surface area contributed by atoms with Gasteiger partial charge < -0.3 is 5.32 Å². The Morgan fingerprint density at radius 1 is 1.31 bits per heavy atom. The molecule has 0 spiro atoms. The molecule has 1 aliphatic heterocycles. The standard InChI is InChI=1S/C20H27FN4O/c1-14-20(15(2)24(3)23-14)22-19(26)13-25-9-7-16(8-10-25)11-17-5-4-6-18(21)12-17/h4-6,12,16H,7-11,13H2,1-3H3,(H,22,26). The quantitative estimate of drug-likeness (QED) is 0.894. The molecule has 1 aliphatic rings. The van der Waals surface area contributed by atoms with E-state index in [4.69, 9.17) is 0 Å². The highest BCUT2D eigenvalue weighted by Crippen LogP contribution is 2.22. The van der Waals surface area contributed by atoms with Crippen LogP contribution in [0.2, 0.25) is 0 Å². The minimum atomic E-state index is -0.169. The molecule has 0 unspecified atom stereocenters. The van der Waals surface area contributed by atoms with Crippen molar-refractivity contribution in [1.82, 2.24) is 14.7 Å². The number of rotatable bonds is 5. The molecule has 5 nitrogen and oxygen atoms in total. The van der Waals surface area contributed by atoms with Gasteiger partial charge in [0.1, 0.15) is 5.82 Å². The van der Waals surface area contributed by atoms with Gasteiger partial charge in [-0.1, -0.05) is 12.1 Å². The molecule has 140 valence electrons. The molecule has 1 amide bonds. The van der Waals surface area contributed by atoms with E-state index in [0.717, 1.165) is 55.0 Å². The van der Waals surface area contributed by atoms with Crippen molar-refractivity contribution in [2.24, 2.45) is 13.0 Å². The zero-order valence-electron chi connectivity index (χ0n) is 15.8. The Labute approximate surface area is 154 Å². The van der Waals surface area contributed by atoms with Crippen molar-refractivity contribution in [3.63, 3.8) is 0 Å². The molecule has 0 aliphatic carbocycles. The van der Waals surface area contributed by atoms with Crippen LogP contribution in [-0.4, -0.2) is 40.2 Å². The number of anilines is 1. The summed E-state index contributed by atoms with van der Waals surface area (Å²) in [6.07, 6.45) is 2.98. The van der Waals surface area contributed by atoms with Gasteiger partial charge >= 0.3 is 0 Å². The first-order valence-electron chi connectivity index (χ1n) is 9.19. The van der Waals surface area contributed by atoms with Gasteiger partial charge in [-0.25, -0.2) is 4.39 Å². The molecule has 0 bridgehead atoms. The second-order valence-corrected chi connectivity index (χ2v) is 7.27. The molecule has 6 heteroatoms. The Kier molecular flexibility index (Phi) is 5.71. The van der Waals surface area contributed by atoms with E-state index in [0.29, 0.717) is 12.5 Å². The molecular weight excluding hydrogens is 331 g/mol. The van der Waals surface area contributed by atoms with Crippen LogP contribution in [0.3, 0.4) is 0 Å². The second kappa shape index (κ2) is 7.99. The van der Waals surface area contributed by atoms with E-state index in [-0.39, 0.29) is 11.7 Å². The number of nitrogens with zero attached hydrogens (tertiary/aromatic N) is 3. The molecule has 1 aromatic carbocycles. The third kappa shape index (κ3) is 4.49. The number of hydrogen-bond donors (Lipinski definition) is 1. The largest absolute Gasteiger partial charge is 0.322 e. The average Bonchev–Trinajstić information content (AvgIpc) is 2.83. The van der Waals surface area contributed by atoms with Gasteiger partial charge in [-0.05, 0) is 69.8 Å². The highest BCUT2D eigenvalue weighted by atomic mass is 19.1. The van der Waals surface area contributed by atoms with E-state index in [9.17, 15) is 9.18 Å². The molecule has 1 aromatic heterocycles. The van der Waals surface area contributed by atoms with Crippen LogP contribution < -0.4 is 5.32 Å². The lowest BCUT2D eigenvalue weighted by Gasteiger charge is -2.31. The van der Waals surface area contributed by atoms with E-state index in [1.807, 2.05) is 27.0 Å². The topological polar surface area (TPSA) is 50.2 Å². The normalized spacial score (nSPS) is 16.0. The van der Waals surface area contributed by atoms with Crippen LogP contribution in [0.15, 0.2) is 24.3 Å². The highest BCUT2D eigenvalue weighted by Gasteiger charge is 2.22. The first kappa shape index (κ1) is 18.6. The predicted octanol–water partition coefficient (Wildman–Crippen LogP) is 3.07. The van der Waals surface area contributed by atoms with Crippen LogP contribution in [0.25, 0.3) is 0 Å². The molecule has 1 saturated heterocycles.